The largest absolute Gasteiger partial charge is 0.504 e. The topological polar surface area (TPSA) is 180 Å². The number of aromatic hydroxyl groups is 1. The molecular weight excluding hydrogens is 559 g/mol. The highest BCUT2D eigenvalue weighted by Gasteiger charge is 2.72. The van der Waals surface area contributed by atoms with Gasteiger partial charge in [0, 0.05) is 18.0 Å². The summed E-state index contributed by atoms with van der Waals surface area (Å²) >= 11 is 0. The molecule has 2 aliphatic heterocycles. The molecule has 2 heterocycles. The van der Waals surface area contributed by atoms with Gasteiger partial charge in [-0.3, -0.25) is 9.59 Å². The Bertz CT molecular complexity index is 1310. The van der Waals surface area contributed by atoms with E-state index in [9.17, 15) is 37.8 Å². The zero-order valence-corrected chi connectivity index (χ0v) is 21.9. The van der Waals surface area contributed by atoms with Crippen LogP contribution < -0.4 is 4.74 Å². The van der Waals surface area contributed by atoms with E-state index in [4.69, 9.17) is 29.2 Å². The van der Waals surface area contributed by atoms with Crippen LogP contribution in [-0.4, -0.2) is 92.8 Å². The fourth-order valence-electron chi connectivity index (χ4n) is 6.15. The number of carboxylic acids is 2. The molecule has 0 amide bonds. The normalized spacial score (nSPS) is 28.1. The Hall–Kier alpha value is -3.85. The van der Waals surface area contributed by atoms with Gasteiger partial charge in [-0.2, -0.15) is 13.2 Å². The molecule has 12 nitrogen and oxygen atoms in total. The lowest BCUT2D eigenvalue weighted by Crippen LogP contribution is -2.74. The van der Waals surface area contributed by atoms with Crippen LogP contribution in [0.15, 0.2) is 24.0 Å². The van der Waals surface area contributed by atoms with Gasteiger partial charge in [0.15, 0.2) is 23.7 Å². The number of aliphatic hydroxyl groups is 1. The maximum absolute atomic E-state index is 12.7. The molecule has 1 spiro atoms. The van der Waals surface area contributed by atoms with Gasteiger partial charge in [-0.1, -0.05) is 6.07 Å². The quantitative estimate of drug-likeness (QED) is 0.354. The molecule has 15 heteroatoms. The van der Waals surface area contributed by atoms with Crippen LogP contribution in [0, 0.1) is 0 Å². The monoisotopic (exact) mass is 587 g/mol. The Kier molecular flexibility index (Phi) is 7.73. The van der Waals surface area contributed by atoms with Gasteiger partial charge in [0.25, 0.3) is 0 Å². The number of rotatable bonds is 6. The summed E-state index contributed by atoms with van der Waals surface area (Å²) in [5, 5.41) is 38.4. The maximum Gasteiger partial charge on any atom is 0.490 e. The molecule has 224 valence electrons. The number of nitrogens with zero attached hydrogens (tertiary/aromatic N) is 1. The number of likely N-dealkylation sites (tertiary alicyclic amines) is 1. The van der Waals surface area contributed by atoms with E-state index in [0.29, 0.717) is 25.1 Å². The smallest absolute Gasteiger partial charge is 0.490 e. The summed E-state index contributed by atoms with van der Waals surface area (Å²) in [5.74, 6) is -5.07. The molecule has 41 heavy (non-hydrogen) atoms. The minimum absolute atomic E-state index is 0.0336. The second-order valence-corrected chi connectivity index (χ2v) is 10.4. The van der Waals surface area contributed by atoms with Crippen molar-refractivity contribution in [2.75, 3.05) is 13.6 Å². The lowest BCUT2D eigenvalue weighted by Gasteiger charge is -2.61. The Morgan fingerprint density at radius 2 is 1.85 bits per heavy atom. The summed E-state index contributed by atoms with van der Waals surface area (Å²) in [6, 6.07) is 3.27. The zero-order chi connectivity index (χ0) is 30.5. The molecule has 0 aromatic heterocycles. The molecule has 1 saturated heterocycles. The number of benzene rings is 1. The molecule has 5 atom stereocenters. The predicted octanol–water partition coefficient (Wildman–Crippen LogP) is 1.64. The maximum atomic E-state index is 12.7. The number of ether oxygens (including phenoxy) is 3. The fraction of sp³-hybridized carbons (Fsp3) is 0.538. The first-order valence-electron chi connectivity index (χ1n) is 12.6. The number of hydrogen-bond donors (Lipinski definition) is 4. The zero-order valence-electron chi connectivity index (χ0n) is 21.9. The van der Waals surface area contributed by atoms with Crippen molar-refractivity contribution in [1.29, 1.82) is 0 Å². The second-order valence-electron chi connectivity index (χ2n) is 10.4. The highest BCUT2D eigenvalue weighted by molar-refractivity contribution is 5.81. The summed E-state index contributed by atoms with van der Waals surface area (Å²) in [5.41, 5.74) is -0.303. The van der Waals surface area contributed by atoms with Crippen molar-refractivity contribution in [1.82, 2.24) is 4.90 Å². The third-order valence-corrected chi connectivity index (χ3v) is 8.00. The Labute approximate surface area is 230 Å². The van der Waals surface area contributed by atoms with Crippen LogP contribution in [0.25, 0.3) is 0 Å². The Balaban J connectivity index is 0.000000493. The molecule has 1 fully saturated rings. The minimum Gasteiger partial charge on any atom is -0.504 e. The molecule has 1 aromatic rings. The summed E-state index contributed by atoms with van der Waals surface area (Å²) in [6.45, 7) is 2.04. The van der Waals surface area contributed by atoms with Gasteiger partial charge in [0.2, 0.25) is 0 Å². The molecule has 4 aliphatic rings. The number of phenolic OH excluding ortho intramolecular Hbond substituents is 1. The van der Waals surface area contributed by atoms with Gasteiger partial charge in [-0.05, 0) is 51.1 Å². The van der Waals surface area contributed by atoms with E-state index in [1.807, 2.05) is 13.1 Å². The average Bonchev–Trinajstić information content (AvgIpc) is 3.24. The Morgan fingerprint density at radius 3 is 2.46 bits per heavy atom. The van der Waals surface area contributed by atoms with E-state index in [2.05, 4.69) is 4.90 Å². The van der Waals surface area contributed by atoms with Crippen LogP contribution in [0.1, 0.15) is 43.7 Å². The molecular formula is C26H28F3NO11. The van der Waals surface area contributed by atoms with E-state index < -0.39 is 59.7 Å². The fourth-order valence-corrected chi connectivity index (χ4v) is 6.15. The molecule has 0 saturated carbocycles. The van der Waals surface area contributed by atoms with Crippen LogP contribution in [0.2, 0.25) is 0 Å². The van der Waals surface area contributed by atoms with Crippen LogP contribution in [-0.2, 0) is 40.5 Å². The van der Waals surface area contributed by atoms with E-state index in [1.165, 1.54) is 6.92 Å². The summed E-state index contributed by atoms with van der Waals surface area (Å²) in [6.07, 6.45) is -4.91. The van der Waals surface area contributed by atoms with Crippen molar-refractivity contribution >= 4 is 23.9 Å². The molecule has 0 radical (unpaired) electrons. The number of esters is 2. The van der Waals surface area contributed by atoms with Gasteiger partial charge in [0.1, 0.15) is 5.76 Å². The van der Waals surface area contributed by atoms with Crippen LogP contribution in [0.3, 0.4) is 0 Å². The highest BCUT2D eigenvalue weighted by Crippen LogP contribution is 2.65. The van der Waals surface area contributed by atoms with Crippen molar-refractivity contribution < 1.29 is 67.0 Å². The van der Waals surface area contributed by atoms with E-state index in [0.717, 1.165) is 11.1 Å². The van der Waals surface area contributed by atoms with Crippen LogP contribution in [0.5, 0.6) is 11.5 Å². The lowest BCUT2D eigenvalue weighted by molar-refractivity contribution is -0.192. The standard InChI is InChI=1S/C24H27NO9.C2HF3O2/c1-12(32-18(29)6-5-17(27)28)22(30)33-15-7-8-24(31)16-11-13-3-4-14(26)20-19(13)23(24,21(15)34-20)9-10-25(16)2;3-2(4,5)1(6)7/h3-4,7,12,16,21,26,31H,5-6,8-11H2,1-2H3,(H,27,28);(H,6,7)/t12?,16-,21+,23+,24-;/m1./s1. The molecule has 4 N–H and O–H groups in total. The number of halogens is 3. The minimum atomic E-state index is -5.08. The van der Waals surface area contributed by atoms with E-state index in [1.54, 1.807) is 12.1 Å². The summed E-state index contributed by atoms with van der Waals surface area (Å²) in [7, 11) is 1.98. The van der Waals surface area contributed by atoms with Crippen molar-refractivity contribution in [3.63, 3.8) is 0 Å². The Morgan fingerprint density at radius 1 is 1.20 bits per heavy atom. The first-order valence-corrected chi connectivity index (χ1v) is 12.6. The summed E-state index contributed by atoms with van der Waals surface area (Å²) in [4.78, 5) is 46.2. The first kappa shape index (κ1) is 30.1. The number of phenols is 1. The van der Waals surface area contributed by atoms with Crippen LogP contribution >= 0.6 is 0 Å². The predicted molar refractivity (Wildman–Crippen MR) is 129 cm³/mol. The number of alkyl halides is 3. The third kappa shape index (κ3) is 5.07. The number of carbonyl (C=O) groups is 4. The van der Waals surface area contributed by atoms with E-state index >= 15 is 0 Å². The number of carboxylic acid groups (broad SMARTS) is 2. The van der Waals surface area contributed by atoms with E-state index in [-0.39, 0.29) is 30.4 Å². The van der Waals surface area contributed by atoms with Crippen molar-refractivity contribution in [2.45, 2.75) is 74.5 Å². The SMILES string of the molecule is CC(OC(=O)CCC(=O)O)C(=O)OC1=CC[C@@]2(O)[C@H]3Cc4ccc(O)c5c4[C@@]2(CCN3C)[C@H]1O5.O=C(O)C(F)(F)F. The van der Waals surface area contributed by atoms with Gasteiger partial charge in [0.05, 0.1) is 23.9 Å². The first-order chi connectivity index (χ1) is 19.0. The average molecular weight is 588 g/mol. The molecule has 2 aliphatic carbocycles. The molecule has 2 bridgehead atoms. The van der Waals surface area contributed by atoms with Gasteiger partial charge in [-0.25, -0.2) is 9.59 Å². The number of aliphatic carboxylic acids is 2. The van der Waals surface area contributed by atoms with Crippen molar-refractivity contribution in [3.05, 3.63) is 35.1 Å². The molecule has 1 aromatic carbocycles. The van der Waals surface area contributed by atoms with Crippen molar-refractivity contribution in [2.24, 2.45) is 0 Å². The van der Waals surface area contributed by atoms with Gasteiger partial charge < -0.3 is 39.5 Å². The molecule has 1 unspecified atom stereocenters. The summed E-state index contributed by atoms with van der Waals surface area (Å²) < 4.78 is 48.6. The van der Waals surface area contributed by atoms with Gasteiger partial charge >= 0.3 is 30.1 Å². The number of piperidine rings is 1. The number of carbonyl (C=O) groups excluding carboxylic acids is 2. The second kappa shape index (κ2) is 10.5. The number of likely N-dealkylation sites (N-methyl/N-ethyl adjacent to an activating group) is 1. The lowest BCUT2D eigenvalue weighted by atomic mass is 9.50. The van der Waals surface area contributed by atoms with Crippen molar-refractivity contribution in [3.8, 4) is 11.5 Å². The highest BCUT2D eigenvalue weighted by atomic mass is 19.4. The number of hydrogen-bond acceptors (Lipinski definition) is 10. The van der Waals surface area contributed by atoms with Gasteiger partial charge in [-0.15, -0.1) is 0 Å². The third-order valence-electron chi connectivity index (χ3n) is 8.00. The van der Waals surface area contributed by atoms with Crippen LogP contribution in [0.4, 0.5) is 13.2 Å². The molecule has 5 rings (SSSR count).